The Morgan fingerprint density at radius 2 is 2.00 bits per heavy atom. The van der Waals surface area contributed by atoms with Crippen LogP contribution in [0.2, 0.25) is 0 Å². The third kappa shape index (κ3) is 2.74. The Morgan fingerprint density at radius 3 is 2.74 bits per heavy atom. The van der Waals surface area contributed by atoms with Crippen LogP contribution < -0.4 is 14.8 Å². The molecule has 0 fully saturated rings. The van der Waals surface area contributed by atoms with Gasteiger partial charge in [-0.2, -0.15) is 0 Å². The number of thiophene rings is 1. The van der Waals surface area contributed by atoms with E-state index in [0.29, 0.717) is 36.0 Å². The Hall–Kier alpha value is -1.53. The molecule has 2 heterocycles. The molecule has 0 aliphatic carbocycles. The van der Waals surface area contributed by atoms with E-state index in [0.717, 1.165) is 3.79 Å². The number of carbonyl (C=O) groups excluding carboxylic acids is 1. The quantitative estimate of drug-likeness (QED) is 0.910. The van der Waals surface area contributed by atoms with Gasteiger partial charge in [-0.1, -0.05) is 0 Å². The third-order valence-electron chi connectivity index (χ3n) is 2.63. The van der Waals surface area contributed by atoms with Crippen LogP contribution in [0.4, 0.5) is 5.69 Å². The number of fused-ring (bicyclic) bond motifs is 1. The average molecular weight is 340 g/mol. The summed E-state index contributed by atoms with van der Waals surface area (Å²) in [5.74, 6) is 1.23. The Balaban J connectivity index is 1.78. The Labute approximate surface area is 122 Å². The van der Waals surface area contributed by atoms with E-state index in [1.807, 2.05) is 0 Å². The molecule has 3 rings (SSSR count). The predicted molar refractivity (Wildman–Crippen MR) is 77.4 cm³/mol. The topological polar surface area (TPSA) is 47.6 Å². The maximum absolute atomic E-state index is 12.0. The second kappa shape index (κ2) is 5.22. The minimum absolute atomic E-state index is 0.140. The zero-order chi connectivity index (χ0) is 13.2. The van der Waals surface area contributed by atoms with E-state index in [-0.39, 0.29) is 5.91 Å². The molecule has 6 heteroatoms. The summed E-state index contributed by atoms with van der Waals surface area (Å²) in [6, 6.07) is 7.16. The first-order valence-electron chi connectivity index (χ1n) is 5.67. The summed E-state index contributed by atoms with van der Waals surface area (Å²) in [5.41, 5.74) is 1.32. The van der Waals surface area contributed by atoms with Crippen LogP contribution in [-0.2, 0) is 0 Å². The summed E-state index contributed by atoms with van der Waals surface area (Å²) in [6.07, 6.45) is 0. The van der Waals surface area contributed by atoms with Crippen molar-refractivity contribution in [2.75, 3.05) is 18.5 Å². The number of halogens is 1. The van der Waals surface area contributed by atoms with E-state index in [2.05, 4.69) is 21.2 Å². The van der Waals surface area contributed by atoms with Gasteiger partial charge in [0, 0.05) is 17.1 Å². The molecule has 1 aliphatic rings. The number of anilines is 1. The second-order valence-electron chi connectivity index (χ2n) is 3.95. The molecule has 98 valence electrons. The molecule has 0 saturated heterocycles. The fourth-order valence-corrected chi connectivity index (χ4v) is 2.89. The summed E-state index contributed by atoms with van der Waals surface area (Å²) in [5, 5.41) is 4.64. The van der Waals surface area contributed by atoms with Crippen molar-refractivity contribution in [3.8, 4) is 11.5 Å². The second-order valence-corrected chi connectivity index (χ2v) is 6.24. The van der Waals surface area contributed by atoms with Crippen molar-refractivity contribution in [1.29, 1.82) is 0 Å². The molecule has 0 spiro atoms. The molecule has 0 bridgehead atoms. The molecule has 0 saturated carbocycles. The van der Waals surface area contributed by atoms with Gasteiger partial charge in [-0.15, -0.1) is 11.3 Å². The fraction of sp³-hybridized carbons (Fsp3) is 0.154. The molecular weight excluding hydrogens is 330 g/mol. The lowest BCUT2D eigenvalue weighted by molar-refractivity contribution is 0.102. The number of amides is 1. The SMILES string of the molecule is O=C(Nc1ccc2c(c1)OCCO2)c1csc(Br)c1. The van der Waals surface area contributed by atoms with E-state index in [1.54, 1.807) is 29.6 Å². The molecule has 19 heavy (non-hydrogen) atoms. The molecular formula is C13H10BrNO3S. The van der Waals surface area contributed by atoms with E-state index in [9.17, 15) is 4.79 Å². The largest absolute Gasteiger partial charge is 0.486 e. The van der Waals surface area contributed by atoms with E-state index in [1.165, 1.54) is 11.3 Å². The van der Waals surface area contributed by atoms with Gasteiger partial charge < -0.3 is 14.8 Å². The standard InChI is InChI=1S/C13H10BrNO3S/c14-12-5-8(7-19-12)13(16)15-9-1-2-10-11(6-9)18-4-3-17-10/h1-2,5-7H,3-4H2,(H,15,16). The molecule has 1 amide bonds. The van der Waals surface area contributed by atoms with Gasteiger partial charge in [-0.25, -0.2) is 0 Å². The first-order valence-corrected chi connectivity index (χ1v) is 7.35. The van der Waals surface area contributed by atoms with Crippen LogP contribution in [0.1, 0.15) is 10.4 Å². The van der Waals surface area contributed by atoms with Gasteiger partial charge in [0.05, 0.1) is 9.35 Å². The van der Waals surface area contributed by atoms with Crippen molar-refractivity contribution in [2.24, 2.45) is 0 Å². The smallest absolute Gasteiger partial charge is 0.256 e. The zero-order valence-electron chi connectivity index (χ0n) is 9.81. The number of hydrogen-bond donors (Lipinski definition) is 1. The zero-order valence-corrected chi connectivity index (χ0v) is 12.2. The number of nitrogens with one attached hydrogen (secondary N) is 1. The van der Waals surface area contributed by atoms with Gasteiger partial charge in [0.1, 0.15) is 13.2 Å². The van der Waals surface area contributed by atoms with E-state index in [4.69, 9.17) is 9.47 Å². The lowest BCUT2D eigenvalue weighted by Gasteiger charge is -2.18. The highest BCUT2D eigenvalue weighted by atomic mass is 79.9. The van der Waals surface area contributed by atoms with Gasteiger partial charge in [-0.05, 0) is 34.1 Å². The number of benzene rings is 1. The minimum atomic E-state index is -0.140. The lowest BCUT2D eigenvalue weighted by atomic mass is 10.2. The highest BCUT2D eigenvalue weighted by molar-refractivity contribution is 9.11. The van der Waals surface area contributed by atoms with Crippen LogP contribution in [-0.4, -0.2) is 19.1 Å². The van der Waals surface area contributed by atoms with Crippen molar-refractivity contribution in [2.45, 2.75) is 0 Å². The van der Waals surface area contributed by atoms with Gasteiger partial charge in [-0.3, -0.25) is 4.79 Å². The third-order valence-corrected chi connectivity index (χ3v) is 4.13. The van der Waals surface area contributed by atoms with Crippen LogP contribution in [0, 0.1) is 0 Å². The molecule has 1 N–H and O–H groups in total. The van der Waals surface area contributed by atoms with Gasteiger partial charge >= 0.3 is 0 Å². The lowest BCUT2D eigenvalue weighted by Crippen LogP contribution is -2.16. The highest BCUT2D eigenvalue weighted by Crippen LogP contribution is 2.32. The summed E-state index contributed by atoms with van der Waals surface area (Å²) < 4.78 is 11.8. The fourth-order valence-electron chi connectivity index (χ4n) is 1.75. The van der Waals surface area contributed by atoms with Crippen molar-refractivity contribution in [3.63, 3.8) is 0 Å². The maximum Gasteiger partial charge on any atom is 0.256 e. The monoisotopic (exact) mass is 339 g/mol. The van der Waals surface area contributed by atoms with Crippen molar-refractivity contribution >= 4 is 38.9 Å². The predicted octanol–water partition coefficient (Wildman–Crippen LogP) is 3.53. The molecule has 1 aromatic heterocycles. The molecule has 4 nitrogen and oxygen atoms in total. The first-order chi connectivity index (χ1) is 9.22. The van der Waals surface area contributed by atoms with Crippen LogP contribution in [0.25, 0.3) is 0 Å². The van der Waals surface area contributed by atoms with Crippen molar-refractivity contribution in [3.05, 3.63) is 39.0 Å². The van der Waals surface area contributed by atoms with Gasteiger partial charge in [0.15, 0.2) is 11.5 Å². The molecule has 1 aromatic carbocycles. The normalized spacial score (nSPS) is 13.1. The first kappa shape index (κ1) is 12.5. The summed E-state index contributed by atoms with van der Waals surface area (Å²) in [7, 11) is 0. The van der Waals surface area contributed by atoms with E-state index < -0.39 is 0 Å². The molecule has 1 aliphatic heterocycles. The van der Waals surface area contributed by atoms with Gasteiger partial charge in [0.2, 0.25) is 0 Å². The van der Waals surface area contributed by atoms with Crippen LogP contribution in [0.3, 0.4) is 0 Å². The summed E-state index contributed by atoms with van der Waals surface area (Å²) >= 11 is 4.81. The van der Waals surface area contributed by atoms with E-state index >= 15 is 0 Å². The summed E-state index contributed by atoms with van der Waals surface area (Å²) in [6.45, 7) is 1.09. The molecule has 0 atom stereocenters. The number of hydrogen-bond acceptors (Lipinski definition) is 4. The van der Waals surface area contributed by atoms with Crippen LogP contribution >= 0.6 is 27.3 Å². The highest BCUT2D eigenvalue weighted by Gasteiger charge is 2.13. The van der Waals surface area contributed by atoms with Crippen molar-refractivity contribution in [1.82, 2.24) is 0 Å². The number of carbonyl (C=O) groups is 1. The molecule has 0 unspecified atom stereocenters. The number of ether oxygens (including phenoxy) is 2. The van der Waals surface area contributed by atoms with Gasteiger partial charge in [0.25, 0.3) is 5.91 Å². The van der Waals surface area contributed by atoms with Crippen molar-refractivity contribution < 1.29 is 14.3 Å². The minimum Gasteiger partial charge on any atom is -0.486 e. The Kier molecular flexibility index (Phi) is 3.44. The Bertz CT molecular complexity index is 626. The maximum atomic E-state index is 12.0. The molecule has 2 aromatic rings. The number of rotatable bonds is 2. The van der Waals surface area contributed by atoms with Crippen LogP contribution in [0.15, 0.2) is 33.4 Å². The van der Waals surface area contributed by atoms with Crippen LogP contribution in [0.5, 0.6) is 11.5 Å². The Morgan fingerprint density at radius 1 is 1.21 bits per heavy atom. The average Bonchev–Trinajstić information content (AvgIpc) is 2.85. The summed E-state index contributed by atoms with van der Waals surface area (Å²) in [4.78, 5) is 12.0. The molecule has 0 radical (unpaired) electrons.